The highest BCUT2D eigenvalue weighted by molar-refractivity contribution is 6.42. The summed E-state index contributed by atoms with van der Waals surface area (Å²) < 4.78 is 13.4. The highest BCUT2D eigenvalue weighted by Crippen LogP contribution is 2.32. The van der Waals surface area contributed by atoms with Gasteiger partial charge in [-0.15, -0.1) is 0 Å². The van der Waals surface area contributed by atoms with Crippen molar-refractivity contribution in [3.8, 4) is 5.75 Å². The maximum Gasteiger partial charge on any atom is 0.292 e. The molecular weight excluding hydrogens is 545 g/mol. The Morgan fingerprint density at radius 2 is 1.65 bits per heavy atom. The minimum Gasteiger partial charge on any atom is -0.486 e. The van der Waals surface area contributed by atoms with Crippen molar-refractivity contribution in [2.45, 2.75) is 39.3 Å². The van der Waals surface area contributed by atoms with Gasteiger partial charge in [0.15, 0.2) is 11.6 Å². The van der Waals surface area contributed by atoms with Crippen LogP contribution in [0, 0.1) is 6.92 Å². The molecule has 5 aromatic rings. The Balaban J connectivity index is 1.17. The highest BCUT2D eigenvalue weighted by Gasteiger charge is 2.22. The molecule has 2 aromatic heterocycles. The molecule has 0 unspecified atom stereocenters. The predicted molar refractivity (Wildman–Crippen MR) is 159 cm³/mol. The highest BCUT2D eigenvalue weighted by atomic mass is 35.5. The van der Waals surface area contributed by atoms with Gasteiger partial charge in [0.2, 0.25) is 0 Å². The van der Waals surface area contributed by atoms with E-state index in [-0.39, 0.29) is 17.8 Å². The van der Waals surface area contributed by atoms with E-state index in [0.717, 1.165) is 17.0 Å². The number of furan rings is 1. The van der Waals surface area contributed by atoms with Gasteiger partial charge in [0.25, 0.3) is 5.91 Å². The van der Waals surface area contributed by atoms with E-state index < -0.39 is 5.91 Å². The summed E-state index contributed by atoms with van der Waals surface area (Å²) in [6, 6.07) is 29.1. The largest absolute Gasteiger partial charge is 0.486 e. The average molecular weight is 575 g/mol. The molecule has 0 aliphatic carbocycles. The van der Waals surface area contributed by atoms with Crippen molar-refractivity contribution in [1.29, 1.82) is 0 Å². The van der Waals surface area contributed by atoms with Gasteiger partial charge in [0.05, 0.1) is 16.6 Å². The molecule has 6 nitrogen and oxygen atoms in total. The molecule has 0 aliphatic rings. The van der Waals surface area contributed by atoms with E-state index in [2.05, 4.69) is 60.7 Å². The molecule has 2 heterocycles. The number of carbonyl (C=O) groups is 1. The lowest BCUT2D eigenvalue weighted by atomic mass is 9.78. The van der Waals surface area contributed by atoms with Gasteiger partial charge in [-0.2, -0.15) is 5.10 Å². The van der Waals surface area contributed by atoms with E-state index in [1.807, 2.05) is 31.2 Å². The zero-order chi connectivity index (χ0) is 28.3. The molecule has 3 aromatic carbocycles. The van der Waals surface area contributed by atoms with Crippen LogP contribution < -0.4 is 10.1 Å². The minimum atomic E-state index is -0.391. The first-order valence-electron chi connectivity index (χ1n) is 12.9. The van der Waals surface area contributed by atoms with Crippen molar-refractivity contribution in [2.24, 2.45) is 0 Å². The second-order valence-corrected chi connectivity index (χ2v) is 10.9. The lowest BCUT2D eigenvalue weighted by molar-refractivity contribution is 0.0992. The number of nitrogens with one attached hydrogen (secondary N) is 1. The summed E-state index contributed by atoms with van der Waals surface area (Å²) in [6.45, 7) is 7.01. The van der Waals surface area contributed by atoms with Gasteiger partial charge in [0, 0.05) is 17.2 Å². The van der Waals surface area contributed by atoms with Crippen LogP contribution in [0.5, 0.6) is 5.75 Å². The lowest BCUT2D eigenvalue weighted by Crippen LogP contribution is -2.18. The van der Waals surface area contributed by atoms with Crippen LogP contribution in [0.4, 0.5) is 5.82 Å². The molecule has 0 atom stereocenters. The third kappa shape index (κ3) is 6.24. The SMILES string of the molecule is Cc1cc(NC(=O)c2ccc(COc3ccc(C(C)(C)c4ccccc4)cc3)o2)nn1Cc1ccc(Cl)c(Cl)c1. The molecule has 204 valence electrons. The van der Waals surface area contributed by atoms with Crippen LogP contribution in [0.15, 0.2) is 95.4 Å². The molecule has 0 radical (unpaired) electrons. The third-order valence-electron chi connectivity index (χ3n) is 6.88. The van der Waals surface area contributed by atoms with E-state index in [4.69, 9.17) is 32.4 Å². The smallest absolute Gasteiger partial charge is 0.292 e. The first-order valence-corrected chi connectivity index (χ1v) is 13.6. The van der Waals surface area contributed by atoms with Crippen LogP contribution in [-0.2, 0) is 18.6 Å². The van der Waals surface area contributed by atoms with Gasteiger partial charge in [0.1, 0.15) is 18.1 Å². The van der Waals surface area contributed by atoms with Crippen molar-refractivity contribution in [3.05, 3.63) is 135 Å². The van der Waals surface area contributed by atoms with Crippen LogP contribution >= 0.6 is 23.2 Å². The molecule has 40 heavy (non-hydrogen) atoms. The number of hydrogen-bond donors (Lipinski definition) is 1. The van der Waals surface area contributed by atoms with Crippen molar-refractivity contribution in [3.63, 3.8) is 0 Å². The average Bonchev–Trinajstić information content (AvgIpc) is 3.56. The summed E-state index contributed by atoms with van der Waals surface area (Å²) in [4.78, 5) is 12.8. The summed E-state index contributed by atoms with van der Waals surface area (Å²) in [6.07, 6.45) is 0. The fourth-order valence-electron chi connectivity index (χ4n) is 4.44. The summed E-state index contributed by atoms with van der Waals surface area (Å²) in [7, 11) is 0. The molecule has 0 spiro atoms. The number of amides is 1. The van der Waals surface area contributed by atoms with Crippen LogP contribution in [0.2, 0.25) is 10.0 Å². The Morgan fingerprint density at radius 3 is 2.38 bits per heavy atom. The Kier molecular flexibility index (Phi) is 8.01. The van der Waals surface area contributed by atoms with Crippen LogP contribution in [-0.4, -0.2) is 15.7 Å². The van der Waals surface area contributed by atoms with Gasteiger partial charge in [-0.25, -0.2) is 0 Å². The van der Waals surface area contributed by atoms with Crippen LogP contribution in [0.25, 0.3) is 0 Å². The molecule has 1 N–H and O–H groups in total. The molecule has 5 rings (SSSR count). The van der Waals surface area contributed by atoms with E-state index in [0.29, 0.717) is 28.2 Å². The van der Waals surface area contributed by atoms with Gasteiger partial charge in [-0.1, -0.05) is 85.6 Å². The summed E-state index contributed by atoms with van der Waals surface area (Å²) in [5.41, 5.74) is 4.15. The number of hydrogen-bond acceptors (Lipinski definition) is 4. The molecule has 0 bridgehead atoms. The van der Waals surface area contributed by atoms with E-state index in [1.165, 1.54) is 11.1 Å². The number of anilines is 1. The van der Waals surface area contributed by atoms with Gasteiger partial charge in [-0.3, -0.25) is 9.48 Å². The van der Waals surface area contributed by atoms with E-state index in [1.54, 1.807) is 35.0 Å². The van der Waals surface area contributed by atoms with Crippen LogP contribution in [0.1, 0.15) is 52.5 Å². The molecule has 0 saturated carbocycles. The standard InChI is InChI=1S/C32H29Cl2N3O3/c1-21-17-30(36-37(21)19-22-9-15-27(33)28(34)18-22)35-31(38)29-16-14-26(40-29)20-39-25-12-10-24(11-13-25)32(2,3)23-7-5-4-6-8-23/h4-18H,19-20H2,1-3H3,(H,35,36,38). The monoisotopic (exact) mass is 573 g/mol. The number of benzene rings is 3. The molecule has 1 amide bonds. The van der Waals surface area contributed by atoms with Gasteiger partial charge >= 0.3 is 0 Å². The topological polar surface area (TPSA) is 69.3 Å². The molecule has 8 heteroatoms. The first kappa shape index (κ1) is 27.6. The normalized spacial score (nSPS) is 11.4. The second kappa shape index (κ2) is 11.6. The van der Waals surface area contributed by atoms with E-state index >= 15 is 0 Å². The fourth-order valence-corrected chi connectivity index (χ4v) is 4.76. The van der Waals surface area contributed by atoms with Gasteiger partial charge < -0.3 is 14.5 Å². The number of carbonyl (C=O) groups excluding carboxylic acids is 1. The molecule has 0 saturated heterocycles. The van der Waals surface area contributed by atoms with Gasteiger partial charge in [-0.05, 0) is 60.0 Å². The quantitative estimate of drug-likeness (QED) is 0.192. The summed E-state index contributed by atoms with van der Waals surface area (Å²) >= 11 is 12.1. The molecule has 0 fully saturated rings. The minimum absolute atomic E-state index is 0.124. The summed E-state index contributed by atoms with van der Waals surface area (Å²) in [5.74, 6) is 1.47. The van der Waals surface area contributed by atoms with Crippen molar-refractivity contribution >= 4 is 34.9 Å². The Hall–Kier alpha value is -4.00. The lowest BCUT2D eigenvalue weighted by Gasteiger charge is -2.26. The zero-order valence-electron chi connectivity index (χ0n) is 22.4. The third-order valence-corrected chi connectivity index (χ3v) is 7.62. The van der Waals surface area contributed by atoms with Crippen LogP contribution in [0.3, 0.4) is 0 Å². The summed E-state index contributed by atoms with van der Waals surface area (Å²) in [5, 5.41) is 8.27. The predicted octanol–water partition coefficient (Wildman–Crippen LogP) is 8.30. The number of nitrogens with zero attached hydrogens (tertiary/aromatic N) is 2. The first-order chi connectivity index (χ1) is 19.2. The molecular formula is C32H29Cl2N3O3. The Labute approximate surface area is 243 Å². The number of rotatable bonds is 9. The number of halogens is 2. The number of aryl methyl sites for hydroxylation is 1. The van der Waals surface area contributed by atoms with E-state index in [9.17, 15) is 4.79 Å². The van der Waals surface area contributed by atoms with Crippen molar-refractivity contribution in [1.82, 2.24) is 9.78 Å². The zero-order valence-corrected chi connectivity index (χ0v) is 24.0. The Morgan fingerprint density at radius 1 is 0.925 bits per heavy atom. The second-order valence-electron chi connectivity index (χ2n) is 10.1. The maximum absolute atomic E-state index is 12.8. The molecule has 0 aliphatic heterocycles. The Bertz CT molecular complexity index is 1620. The van der Waals surface area contributed by atoms with Crippen molar-refractivity contribution in [2.75, 3.05) is 5.32 Å². The maximum atomic E-state index is 12.8. The number of ether oxygens (including phenoxy) is 1. The fraction of sp³-hybridized carbons (Fsp3) is 0.188. The number of aromatic nitrogens is 2. The van der Waals surface area contributed by atoms with Crippen molar-refractivity contribution < 1.29 is 13.9 Å².